The molecule has 0 unspecified atom stereocenters. The van der Waals surface area contributed by atoms with E-state index in [1.165, 1.54) is 11.3 Å². The third-order valence-electron chi connectivity index (χ3n) is 2.64. The topological polar surface area (TPSA) is 101 Å². The number of aryl methyl sites for hydroxylation is 1. The predicted molar refractivity (Wildman–Crippen MR) is 80.9 cm³/mol. The molecular formula is C11H10N6OS2. The van der Waals surface area contributed by atoms with Crippen LogP contribution in [0, 0.1) is 6.92 Å². The first-order chi connectivity index (χ1) is 9.54. The van der Waals surface area contributed by atoms with E-state index >= 15 is 0 Å². The maximum atomic E-state index is 10.1. The number of nitrogens with two attached hydrogens (primary N) is 1. The van der Waals surface area contributed by atoms with Gasteiger partial charge in [0.25, 0.3) is 0 Å². The Bertz CT molecular complexity index is 808. The summed E-state index contributed by atoms with van der Waals surface area (Å²) < 4.78 is 1.64. The molecule has 2 heterocycles. The zero-order valence-electron chi connectivity index (χ0n) is 10.4. The molecule has 102 valence electrons. The molecule has 9 heteroatoms. The molecule has 0 radical (unpaired) electrons. The van der Waals surface area contributed by atoms with Crippen molar-refractivity contribution in [1.29, 1.82) is 0 Å². The molecule has 0 amide bonds. The number of rotatable bonds is 2. The second kappa shape index (κ2) is 4.69. The molecule has 2 aromatic heterocycles. The van der Waals surface area contributed by atoms with E-state index in [1.807, 2.05) is 6.92 Å². The molecular weight excluding hydrogens is 296 g/mol. The summed E-state index contributed by atoms with van der Waals surface area (Å²) in [5.74, 6) is 0.794. The van der Waals surface area contributed by atoms with Crippen LogP contribution in [0.4, 0.5) is 5.69 Å². The maximum absolute atomic E-state index is 10.1. The zero-order valence-corrected chi connectivity index (χ0v) is 12.0. The number of anilines is 1. The smallest absolute Gasteiger partial charge is 0.234 e. The standard InChI is InChI=1S/C11H10N6OS2/c1-5-14-15-11-17(5)16-9(20-11)7-3-2-6(4-8(7)18)13-10(12)19/h2-4,18H,1H3,(H3,12,13,19). The van der Waals surface area contributed by atoms with Gasteiger partial charge >= 0.3 is 0 Å². The van der Waals surface area contributed by atoms with Crippen LogP contribution in [0.1, 0.15) is 5.82 Å². The van der Waals surface area contributed by atoms with E-state index in [2.05, 4.69) is 20.6 Å². The summed E-state index contributed by atoms with van der Waals surface area (Å²) >= 11 is 6.10. The third kappa shape index (κ3) is 2.17. The van der Waals surface area contributed by atoms with Gasteiger partial charge in [0.05, 0.1) is 5.56 Å². The molecule has 0 spiro atoms. The third-order valence-corrected chi connectivity index (χ3v) is 3.68. The molecule has 0 fully saturated rings. The second-order valence-electron chi connectivity index (χ2n) is 4.07. The number of nitrogens with one attached hydrogen (secondary N) is 1. The highest BCUT2D eigenvalue weighted by atomic mass is 32.1. The van der Waals surface area contributed by atoms with Crippen LogP contribution in [0.15, 0.2) is 18.2 Å². The monoisotopic (exact) mass is 306 g/mol. The molecule has 0 atom stereocenters. The Labute approximate surface area is 123 Å². The van der Waals surface area contributed by atoms with Gasteiger partial charge in [-0.3, -0.25) is 0 Å². The van der Waals surface area contributed by atoms with Crippen LogP contribution in [0.5, 0.6) is 5.75 Å². The minimum atomic E-state index is 0.0915. The first-order valence-corrected chi connectivity index (χ1v) is 6.86. The van der Waals surface area contributed by atoms with E-state index in [0.717, 1.165) is 0 Å². The van der Waals surface area contributed by atoms with E-state index in [-0.39, 0.29) is 10.9 Å². The van der Waals surface area contributed by atoms with Crippen molar-refractivity contribution in [3.63, 3.8) is 0 Å². The Morgan fingerprint density at radius 2 is 2.25 bits per heavy atom. The predicted octanol–water partition coefficient (Wildman–Crippen LogP) is 1.52. The Hall–Kier alpha value is -2.26. The Morgan fingerprint density at radius 1 is 1.45 bits per heavy atom. The number of nitrogens with zero attached hydrogens (tertiary/aromatic N) is 4. The average Bonchev–Trinajstić information content (AvgIpc) is 2.91. The van der Waals surface area contributed by atoms with Gasteiger partial charge in [0.15, 0.2) is 15.9 Å². The van der Waals surface area contributed by atoms with Crippen LogP contribution in [0.2, 0.25) is 0 Å². The largest absolute Gasteiger partial charge is 0.507 e. The van der Waals surface area contributed by atoms with E-state index in [1.54, 1.807) is 22.7 Å². The maximum Gasteiger partial charge on any atom is 0.234 e. The number of thiocarbonyl (C=S) groups is 1. The molecule has 0 saturated heterocycles. The first-order valence-electron chi connectivity index (χ1n) is 5.63. The van der Waals surface area contributed by atoms with Gasteiger partial charge in [0, 0.05) is 11.8 Å². The van der Waals surface area contributed by atoms with E-state index in [4.69, 9.17) is 18.0 Å². The number of fused-ring (bicyclic) bond motifs is 1. The lowest BCUT2D eigenvalue weighted by atomic mass is 10.2. The number of aromatic nitrogens is 4. The summed E-state index contributed by atoms with van der Waals surface area (Å²) in [6, 6.07) is 5.06. The van der Waals surface area contributed by atoms with Crippen molar-refractivity contribution in [2.45, 2.75) is 6.92 Å². The lowest BCUT2D eigenvalue weighted by molar-refractivity contribution is 0.477. The number of aromatic hydroxyl groups is 1. The van der Waals surface area contributed by atoms with Crippen molar-refractivity contribution in [2.75, 3.05) is 5.32 Å². The highest BCUT2D eigenvalue weighted by Gasteiger charge is 2.13. The fourth-order valence-electron chi connectivity index (χ4n) is 1.76. The van der Waals surface area contributed by atoms with Gasteiger partial charge < -0.3 is 16.2 Å². The molecule has 0 aliphatic heterocycles. The minimum absolute atomic E-state index is 0.0915. The van der Waals surface area contributed by atoms with Gasteiger partial charge in [-0.15, -0.1) is 10.2 Å². The molecule has 1 aromatic carbocycles. The Morgan fingerprint density at radius 3 is 2.90 bits per heavy atom. The van der Waals surface area contributed by atoms with Gasteiger partial charge in [-0.25, -0.2) is 0 Å². The first kappa shape index (κ1) is 12.8. The molecule has 4 N–H and O–H groups in total. The highest BCUT2D eigenvalue weighted by molar-refractivity contribution is 7.80. The SMILES string of the molecule is Cc1nnc2sc(-c3ccc(NC(N)=S)cc3O)nn12. The number of phenols is 1. The lowest BCUT2D eigenvalue weighted by Crippen LogP contribution is -2.18. The van der Waals surface area contributed by atoms with Crippen molar-refractivity contribution in [2.24, 2.45) is 5.73 Å². The number of benzene rings is 1. The van der Waals surface area contributed by atoms with Gasteiger partial charge in [0.1, 0.15) is 5.75 Å². The number of hydrogen-bond donors (Lipinski definition) is 3. The van der Waals surface area contributed by atoms with Crippen LogP contribution in [-0.4, -0.2) is 30.0 Å². The summed E-state index contributed by atoms with van der Waals surface area (Å²) in [7, 11) is 0. The molecule has 0 saturated carbocycles. The van der Waals surface area contributed by atoms with Gasteiger partial charge in [-0.2, -0.15) is 9.61 Å². The van der Waals surface area contributed by atoms with Crippen LogP contribution in [0.3, 0.4) is 0 Å². The van der Waals surface area contributed by atoms with Crippen LogP contribution in [-0.2, 0) is 0 Å². The fraction of sp³-hybridized carbons (Fsp3) is 0.0909. The number of phenolic OH excluding ortho intramolecular Hbond substituents is 1. The summed E-state index contributed by atoms with van der Waals surface area (Å²) in [6.45, 7) is 1.82. The van der Waals surface area contributed by atoms with Crippen LogP contribution < -0.4 is 11.1 Å². The quantitative estimate of drug-likeness (QED) is 0.617. The van der Waals surface area contributed by atoms with Gasteiger partial charge in [-0.1, -0.05) is 11.3 Å². The fourth-order valence-corrected chi connectivity index (χ4v) is 2.79. The molecule has 7 nitrogen and oxygen atoms in total. The van der Waals surface area contributed by atoms with Crippen LogP contribution in [0.25, 0.3) is 15.5 Å². The van der Waals surface area contributed by atoms with Gasteiger partial charge in [0.2, 0.25) is 4.96 Å². The molecule has 3 aromatic rings. The summed E-state index contributed by atoms with van der Waals surface area (Å²) in [5, 5.41) is 25.9. The van der Waals surface area contributed by atoms with E-state index in [0.29, 0.717) is 27.0 Å². The zero-order chi connectivity index (χ0) is 14.3. The highest BCUT2D eigenvalue weighted by Crippen LogP contribution is 2.34. The number of hydrogen-bond acceptors (Lipinski definition) is 6. The molecule has 20 heavy (non-hydrogen) atoms. The normalized spacial score (nSPS) is 10.8. The van der Waals surface area contributed by atoms with Crippen molar-refractivity contribution in [1.82, 2.24) is 19.8 Å². The Kier molecular flexibility index (Phi) is 2.99. The lowest BCUT2D eigenvalue weighted by Gasteiger charge is -2.06. The second-order valence-corrected chi connectivity index (χ2v) is 5.47. The van der Waals surface area contributed by atoms with Crippen molar-refractivity contribution in [3.8, 4) is 16.3 Å². The summed E-state index contributed by atoms with van der Waals surface area (Å²) in [4.78, 5) is 0.683. The molecule has 0 bridgehead atoms. The molecule has 0 aliphatic rings. The minimum Gasteiger partial charge on any atom is -0.507 e. The summed E-state index contributed by atoms with van der Waals surface area (Å²) in [5.41, 5.74) is 6.63. The van der Waals surface area contributed by atoms with E-state index in [9.17, 15) is 5.11 Å². The van der Waals surface area contributed by atoms with Crippen molar-refractivity contribution in [3.05, 3.63) is 24.0 Å². The van der Waals surface area contributed by atoms with E-state index < -0.39 is 0 Å². The summed E-state index contributed by atoms with van der Waals surface area (Å²) in [6.07, 6.45) is 0. The molecule has 0 aliphatic carbocycles. The van der Waals surface area contributed by atoms with Crippen molar-refractivity contribution < 1.29 is 5.11 Å². The van der Waals surface area contributed by atoms with Crippen molar-refractivity contribution >= 4 is 39.3 Å². The molecule has 3 rings (SSSR count). The Balaban J connectivity index is 2.02. The van der Waals surface area contributed by atoms with Gasteiger partial charge in [-0.05, 0) is 31.3 Å². The van der Waals surface area contributed by atoms with Crippen LogP contribution >= 0.6 is 23.6 Å². The average molecular weight is 306 g/mol.